The summed E-state index contributed by atoms with van der Waals surface area (Å²) in [6.45, 7) is 6.43. The van der Waals surface area contributed by atoms with Gasteiger partial charge in [-0.2, -0.15) is 0 Å². The molecule has 0 amide bonds. The summed E-state index contributed by atoms with van der Waals surface area (Å²) in [7, 11) is -3.78. The molecule has 0 saturated heterocycles. The van der Waals surface area contributed by atoms with Crippen LogP contribution < -0.4 is 4.72 Å². The van der Waals surface area contributed by atoms with E-state index in [0.717, 1.165) is 0 Å². The summed E-state index contributed by atoms with van der Waals surface area (Å²) in [5, 5.41) is 10.7. The Kier molecular flexibility index (Phi) is 3.82. The third-order valence-electron chi connectivity index (χ3n) is 3.81. The van der Waals surface area contributed by atoms with Crippen LogP contribution >= 0.6 is 0 Å². The minimum atomic E-state index is -3.78. The highest BCUT2D eigenvalue weighted by atomic mass is 32.2. The van der Waals surface area contributed by atoms with E-state index < -0.39 is 21.2 Å². The second-order valence-electron chi connectivity index (χ2n) is 6.12. The smallest absolute Gasteiger partial charge is 0.241 e. The van der Waals surface area contributed by atoms with Crippen LogP contribution in [-0.4, -0.2) is 29.6 Å². The molecule has 1 aromatic carbocycles. The zero-order valence-corrected chi connectivity index (χ0v) is 13.4. The number of aliphatic hydroxyl groups is 1. The molecule has 0 aliphatic heterocycles. The van der Waals surface area contributed by atoms with Gasteiger partial charge in [-0.3, -0.25) is 4.98 Å². The first-order valence-electron chi connectivity index (χ1n) is 6.65. The van der Waals surface area contributed by atoms with Crippen LogP contribution in [0.5, 0.6) is 0 Å². The van der Waals surface area contributed by atoms with Gasteiger partial charge in [-0.1, -0.05) is 6.07 Å². The van der Waals surface area contributed by atoms with Gasteiger partial charge in [0.05, 0.1) is 21.6 Å². The Morgan fingerprint density at radius 3 is 2.38 bits per heavy atom. The van der Waals surface area contributed by atoms with Crippen molar-refractivity contribution in [2.75, 3.05) is 0 Å². The molecule has 2 aromatic rings. The van der Waals surface area contributed by atoms with Crippen molar-refractivity contribution in [3.8, 4) is 0 Å². The number of hydrogen-bond donors (Lipinski definition) is 2. The quantitative estimate of drug-likeness (QED) is 0.906. The van der Waals surface area contributed by atoms with Crippen molar-refractivity contribution in [3.63, 3.8) is 0 Å². The highest BCUT2D eigenvalue weighted by Crippen LogP contribution is 2.26. The molecule has 5 nitrogen and oxygen atoms in total. The van der Waals surface area contributed by atoms with E-state index in [1.54, 1.807) is 58.2 Å². The lowest BCUT2D eigenvalue weighted by atomic mass is 9.87. The minimum Gasteiger partial charge on any atom is -0.389 e. The Morgan fingerprint density at radius 1 is 1.10 bits per heavy atom. The predicted octanol–water partition coefficient (Wildman–Crippen LogP) is 2.06. The predicted molar refractivity (Wildman–Crippen MR) is 82.4 cm³/mol. The Balaban J connectivity index is 2.54. The minimum absolute atomic E-state index is 0.158. The molecule has 0 aliphatic carbocycles. The van der Waals surface area contributed by atoms with Gasteiger partial charge in [0, 0.05) is 11.6 Å². The molecule has 2 rings (SSSR count). The maximum atomic E-state index is 12.7. The van der Waals surface area contributed by atoms with Crippen LogP contribution in [0.15, 0.2) is 41.4 Å². The number of sulfonamides is 1. The summed E-state index contributed by atoms with van der Waals surface area (Å²) in [4.78, 5) is 4.32. The standard InChI is InChI=1S/C15H20N2O3S/c1-14(2,15(3,4)18)17-21(19,20)13-9-5-8-12-11(13)7-6-10-16-12/h5-10,17-18H,1-4H3. The molecule has 0 fully saturated rings. The van der Waals surface area contributed by atoms with Crippen LogP contribution in [0.4, 0.5) is 0 Å². The highest BCUT2D eigenvalue weighted by Gasteiger charge is 2.39. The average Bonchev–Trinajstić information content (AvgIpc) is 2.35. The molecule has 1 aromatic heterocycles. The van der Waals surface area contributed by atoms with Crippen molar-refractivity contribution < 1.29 is 13.5 Å². The molecule has 1 heterocycles. The lowest BCUT2D eigenvalue weighted by molar-refractivity contribution is 0.00639. The normalized spacial score (nSPS) is 13.6. The van der Waals surface area contributed by atoms with Crippen molar-refractivity contribution in [2.45, 2.75) is 43.7 Å². The largest absolute Gasteiger partial charge is 0.389 e. The number of nitrogens with zero attached hydrogens (tertiary/aromatic N) is 1. The van der Waals surface area contributed by atoms with Crippen LogP contribution in [-0.2, 0) is 10.0 Å². The van der Waals surface area contributed by atoms with Gasteiger partial charge in [0.15, 0.2) is 0 Å². The first-order chi connectivity index (χ1) is 9.55. The lowest BCUT2D eigenvalue weighted by Gasteiger charge is -2.37. The van der Waals surface area contributed by atoms with Crippen LogP contribution in [0.1, 0.15) is 27.7 Å². The molecule has 21 heavy (non-hydrogen) atoms. The maximum Gasteiger partial charge on any atom is 0.241 e. The summed E-state index contributed by atoms with van der Waals surface area (Å²) >= 11 is 0. The Bertz CT molecular complexity index is 757. The van der Waals surface area contributed by atoms with Gasteiger partial charge < -0.3 is 5.11 Å². The molecule has 0 saturated carbocycles. The number of aromatic nitrogens is 1. The molecule has 0 unspecified atom stereocenters. The van der Waals surface area contributed by atoms with Crippen LogP contribution in [0.25, 0.3) is 10.9 Å². The Labute approximate surface area is 125 Å². The topological polar surface area (TPSA) is 79.3 Å². The fourth-order valence-electron chi connectivity index (χ4n) is 1.83. The second kappa shape index (κ2) is 5.05. The lowest BCUT2D eigenvalue weighted by Crippen LogP contribution is -2.57. The number of fused-ring (bicyclic) bond motifs is 1. The molecule has 0 radical (unpaired) electrons. The third kappa shape index (κ3) is 3.07. The van der Waals surface area contributed by atoms with E-state index in [4.69, 9.17) is 0 Å². The molecule has 0 aliphatic rings. The summed E-state index contributed by atoms with van der Waals surface area (Å²) < 4.78 is 27.9. The Morgan fingerprint density at radius 2 is 1.76 bits per heavy atom. The van der Waals surface area contributed by atoms with E-state index in [0.29, 0.717) is 10.9 Å². The van der Waals surface area contributed by atoms with Crippen LogP contribution in [0.3, 0.4) is 0 Å². The first kappa shape index (κ1) is 15.9. The van der Waals surface area contributed by atoms with Crippen molar-refractivity contribution in [2.24, 2.45) is 0 Å². The van der Waals surface area contributed by atoms with Gasteiger partial charge >= 0.3 is 0 Å². The van der Waals surface area contributed by atoms with Crippen LogP contribution in [0, 0.1) is 0 Å². The van der Waals surface area contributed by atoms with E-state index in [9.17, 15) is 13.5 Å². The molecule has 114 valence electrons. The molecule has 0 spiro atoms. The number of pyridine rings is 1. The summed E-state index contributed by atoms with van der Waals surface area (Å²) in [5.41, 5.74) is -1.61. The summed E-state index contributed by atoms with van der Waals surface area (Å²) in [6.07, 6.45) is 1.62. The average molecular weight is 308 g/mol. The molecule has 2 N–H and O–H groups in total. The van der Waals surface area contributed by atoms with Crippen molar-refractivity contribution in [3.05, 3.63) is 36.5 Å². The summed E-state index contributed by atoms with van der Waals surface area (Å²) in [5.74, 6) is 0. The van der Waals surface area contributed by atoms with E-state index in [1.165, 1.54) is 6.07 Å². The Hall–Kier alpha value is -1.50. The monoisotopic (exact) mass is 308 g/mol. The number of hydrogen-bond acceptors (Lipinski definition) is 4. The fourth-order valence-corrected chi connectivity index (χ4v) is 3.58. The third-order valence-corrected chi connectivity index (χ3v) is 5.53. The summed E-state index contributed by atoms with van der Waals surface area (Å²) in [6, 6.07) is 8.36. The van der Waals surface area contributed by atoms with Crippen LogP contribution in [0.2, 0.25) is 0 Å². The van der Waals surface area contributed by atoms with Crippen molar-refractivity contribution in [1.29, 1.82) is 0 Å². The van der Waals surface area contributed by atoms with Crippen molar-refractivity contribution in [1.82, 2.24) is 9.71 Å². The molecule has 0 atom stereocenters. The number of nitrogens with one attached hydrogen (secondary N) is 1. The number of rotatable bonds is 4. The molecule has 0 bridgehead atoms. The van der Waals surface area contributed by atoms with E-state index in [-0.39, 0.29) is 4.90 Å². The van der Waals surface area contributed by atoms with E-state index in [1.807, 2.05) is 0 Å². The second-order valence-corrected chi connectivity index (χ2v) is 7.77. The van der Waals surface area contributed by atoms with Crippen molar-refractivity contribution >= 4 is 20.9 Å². The molecular formula is C15H20N2O3S. The van der Waals surface area contributed by atoms with Gasteiger partial charge in [-0.25, -0.2) is 13.1 Å². The van der Waals surface area contributed by atoms with E-state index >= 15 is 0 Å². The zero-order valence-electron chi connectivity index (χ0n) is 12.6. The zero-order chi connectivity index (χ0) is 15.9. The van der Waals surface area contributed by atoms with Gasteiger partial charge in [0.1, 0.15) is 0 Å². The van der Waals surface area contributed by atoms with Gasteiger partial charge in [0.2, 0.25) is 10.0 Å². The molecule has 6 heteroatoms. The van der Waals surface area contributed by atoms with Gasteiger partial charge in [0.25, 0.3) is 0 Å². The first-order valence-corrected chi connectivity index (χ1v) is 8.13. The highest BCUT2D eigenvalue weighted by molar-refractivity contribution is 7.89. The van der Waals surface area contributed by atoms with Gasteiger partial charge in [-0.15, -0.1) is 0 Å². The maximum absolute atomic E-state index is 12.7. The molecular weight excluding hydrogens is 288 g/mol. The van der Waals surface area contributed by atoms with Gasteiger partial charge in [-0.05, 0) is 52.0 Å². The van der Waals surface area contributed by atoms with E-state index in [2.05, 4.69) is 9.71 Å². The number of benzene rings is 1. The SMILES string of the molecule is CC(C)(O)C(C)(C)NS(=O)(=O)c1cccc2ncccc12. The fraction of sp³-hybridized carbons (Fsp3) is 0.400.